The fourth-order valence-electron chi connectivity index (χ4n) is 3.28. The predicted octanol–water partition coefficient (Wildman–Crippen LogP) is 2.75. The van der Waals surface area contributed by atoms with Crippen LogP contribution in [0.1, 0.15) is 27.2 Å². The van der Waals surface area contributed by atoms with Crippen LogP contribution in [0.15, 0.2) is 10.6 Å². The van der Waals surface area contributed by atoms with Gasteiger partial charge >= 0.3 is 12.0 Å². The maximum absolute atomic E-state index is 12.3. The molecule has 3 amide bonds. The molecule has 0 spiro atoms. The molecule has 8 heteroatoms. The summed E-state index contributed by atoms with van der Waals surface area (Å²) < 4.78 is 5.30. The molecule has 0 N–H and O–H groups in total. The summed E-state index contributed by atoms with van der Waals surface area (Å²) in [6.07, 6.45) is 7.29. The van der Waals surface area contributed by atoms with E-state index in [9.17, 15) is 14.4 Å². The fraction of sp³-hybridized carbons (Fsp3) is 0.588. The van der Waals surface area contributed by atoms with Crippen LogP contribution in [0.25, 0.3) is 0 Å². The normalized spacial score (nSPS) is 27.1. The van der Waals surface area contributed by atoms with Gasteiger partial charge in [-0.05, 0) is 23.8 Å². The molecule has 1 heterocycles. The maximum atomic E-state index is 12.3. The molecule has 0 bridgehead atoms. The van der Waals surface area contributed by atoms with Crippen molar-refractivity contribution in [2.45, 2.75) is 33.2 Å². The van der Waals surface area contributed by atoms with Crippen molar-refractivity contribution in [3.8, 4) is 12.3 Å². The van der Waals surface area contributed by atoms with E-state index in [2.05, 4.69) is 5.92 Å². The zero-order valence-electron chi connectivity index (χ0n) is 14.3. The molecule has 0 aromatic carbocycles. The van der Waals surface area contributed by atoms with Gasteiger partial charge in [0.15, 0.2) is 6.73 Å². The van der Waals surface area contributed by atoms with E-state index >= 15 is 0 Å². The van der Waals surface area contributed by atoms with Gasteiger partial charge in [-0.25, -0.2) is 9.69 Å². The highest BCUT2D eigenvalue weighted by Crippen LogP contribution is 2.60. The minimum absolute atomic E-state index is 0.0320. The van der Waals surface area contributed by atoms with Gasteiger partial charge in [0.25, 0.3) is 5.91 Å². The van der Waals surface area contributed by atoms with Gasteiger partial charge in [0, 0.05) is 0 Å². The highest BCUT2D eigenvalue weighted by molar-refractivity contribution is 6.55. The van der Waals surface area contributed by atoms with E-state index in [1.54, 1.807) is 13.0 Å². The number of halogens is 2. The average Bonchev–Trinajstić information content (AvgIpc) is 2.97. The van der Waals surface area contributed by atoms with Crippen LogP contribution in [0, 0.1) is 29.6 Å². The molecule has 2 aliphatic rings. The van der Waals surface area contributed by atoms with Gasteiger partial charge in [-0.3, -0.25) is 9.59 Å². The Labute approximate surface area is 157 Å². The summed E-state index contributed by atoms with van der Waals surface area (Å²) in [4.78, 5) is 39.2. The quantitative estimate of drug-likeness (QED) is 0.399. The van der Waals surface area contributed by atoms with Gasteiger partial charge < -0.3 is 9.64 Å². The fourth-order valence-corrected chi connectivity index (χ4v) is 3.55. The molecule has 0 radical (unpaired) electrons. The van der Waals surface area contributed by atoms with Crippen LogP contribution in [-0.4, -0.2) is 47.0 Å². The molecule has 3 atom stereocenters. The lowest BCUT2D eigenvalue weighted by Crippen LogP contribution is -2.36. The second kappa shape index (κ2) is 7.27. The highest BCUT2D eigenvalue weighted by Gasteiger charge is 2.61. The molecule has 136 valence electrons. The predicted molar refractivity (Wildman–Crippen MR) is 93.4 cm³/mol. The third kappa shape index (κ3) is 3.63. The number of imide groups is 1. The second-order valence-electron chi connectivity index (χ2n) is 6.68. The van der Waals surface area contributed by atoms with Crippen molar-refractivity contribution in [3.63, 3.8) is 0 Å². The minimum atomic E-state index is -0.620. The van der Waals surface area contributed by atoms with Gasteiger partial charge in [0.2, 0.25) is 0 Å². The number of hydrogen-bond donors (Lipinski definition) is 0. The summed E-state index contributed by atoms with van der Waals surface area (Å²) in [5, 5.41) is 0. The summed E-state index contributed by atoms with van der Waals surface area (Å²) in [5.41, 5.74) is -0.341. The molecule has 1 saturated heterocycles. The standard InChI is InChI=1S/C17H20Cl2N2O4/c1-5-7-20-11(6-2)14(22)21(16(20)24)9-25-15(23)13-10(8-12(18)19)17(13,3)4/h1,8,10-11,13H,6-7,9H2,2-4H3. The molecule has 25 heavy (non-hydrogen) atoms. The molecule has 2 fully saturated rings. The topological polar surface area (TPSA) is 66.9 Å². The minimum Gasteiger partial charge on any atom is -0.443 e. The first-order valence-corrected chi connectivity index (χ1v) is 8.67. The van der Waals surface area contributed by atoms with Crippen LogP contribution in [0.2, 0.25) is 0 Å². The number of esters is 1. The average molecular weight is 387 g/mol. The van der Waals surface area contributed by atoms with E-state index < -0.39 is 36.6 Å². The van der Waals surface area contributed by atoms with Crippen LogP contribution in [0.5, 0.6) is 0 Å². The number of terminal acetylenes is 1. The molecule has 6 nitrogen and oxygen atoms in total. The van der Waals surface area contributed by atoms with Crippen molar-refractivity contribution in [3.05, 3.63) is 10.6 Å². The first kappa shape index (κ1) is 19.6. The van der Waals surface area contributed by atoms with Crippen molar-refractivity contribution in [2.75, 3.05) is 13.3 Å². The van der Waals surface area contributed by atoms with Crippen molar-refractivity contribution < 1.29 is 19.1 Å². The molecule has 1 saturated carbocycles. The maximum Gasteiger partial charge on any atom is 0.331 e. The first-order chi connectivity index (χ1) is 11.7. The molecule has 0 aromatic heterocycles. The Bertz CT molecular complexity index is 664. The Morgan fingerprint density at radius 1 is 1.40 bits per heavy atom. The van der Waals surface area contributed by atoms with Crippen LogP contribution >= 0.6 is 23.2 Å². The lowest BCUT2D eigenvalue weighted by Gasteiger charge is -2.17. The van der Waals surface area contributed by atoms with Crippen molar-refractivity contribution >= 4 is 41.1 Å². The van der Waals surface area contributed by atoms with Crippen molar-refractivity contribution in [2.24, 2.45) is 17.3 Å². The summed E-state index contributed by atoms with van der Waals surface area (Å²) in [7, 11) is 0. The Hall–Kier alpha value is -1.71. The number of rotatable bonds is 6. The number of allylic oxidation sites excluding steroid dienone is 1. The number of carbonyl (C=O) groups excluding carboxylic acids is 3. The Balaban J connectivity index is 2.01. The van der Waals surface area contributed by atoms with E-state index in [-0.39, 0.29) is 22.4 Å². The molecular weight excluding hydrogens is 367 g/mol. The van der Waals surface area contributed by atoms with E-state index in [1.165, 1.54) is 4.90 Å². The Morgan fingerprint density at radius 2 is 2.04 bits per heavy atom. The number of ether oxygens (including phenoxy) is 1. The largest absolute Gasteiger partial charge is 0.443 e. The van der Waals surface area contributed by atoms with Crippen molar-refractivity contribution in [1.29, 1.82) is 0 Å². The molecule has 1 aliphatic heterocycles. The number of nitrogens with zero attached hydrogens (tertiary/aromatic N) is 2. The van der Waals surface area contributed by atoms with Crippen LogP contribution < -0.4 is 0 Å². The summed E-state index contributed by atoms with van der Waals surface area (Å²) in [5.74, 6) is 0.891. The molecule has 1 aliphatic carbocycles. The molecule has 3 unspecified atom stereocenters. The lowest BCUT2D eigenvalue weighted by molar-refractivity contribution is -0.151. The SMILES string of the molecule is C#CCN1C(=O)N(COC(=O)C2C(C=C(Cl)Cl)C2(C)C)C(=O)C1CC. The Kier molecular flexibility index (Phi) is 5.70. The number of carbonyl (C=O) groups is 3. The van der Waals surface area contributed by atoms with E-state index in [4.69, 9.17) is 34.4 Å². The molecular formula is C17H20Cl2N2O4. The van der Waals surface area contributed by atoms with Gasteiger partial charge in [-0.15, -0.1) is 6.42 Å². The lowest BCUT2D eigenvalue weighted by atomic mass is 10.1. The van der Waals surface area contributed by atoms with Gasteiger partial charge in [-0.1, -0.05) is 49.9 Å². The van der Waals surface area contributed by atoms with Gasteiger partial charge in [0.05, 0.1) is 12.5 Å². The number of amides is 3. The highest BCUT2D eigenvalue weighted by atomic mass is 35.5. The van der Waals surface area contributed by atoms with Gasteiger partial charge in [-0.2, -0.15) is 0 Å². The van der Waals surface area contributed by atoms with E-state index in [1.807, 2.05) is 13.8 Å². The van der Waals surface area contributed by atoms with E-state index in [0.717, 1.165) is 4.90 Å². The number of urea groups is 1. The Morgan fingerprint density at radius 3 is 2.56 bits per heavy atom. The van der Waals surface area contributed by atoms with Crippen LogP contribution in [0.4, 0.5) is 4.79 Å². The second-order valence-corrected chi connectivity index (χ2v) is 7.69. The first-order valence-electron chi connectivity index (χ1n) is 7.91. The third-order valence-corrected chi connectivity index (χ3v) is 5.11. The zero-order valence-corrected chi connectivity index (χ0v) is 15.8. The summed E-state index contributed by atoms with van der Waals surface area (Å²) >= 11 is 11.3. The number of hydrogen-bond acceptors (Lipinski definition) is 4. The van der Waals surface area contributed by atoms with Crippen molar-refractivity contribution in [1.82, 2.24) is 9.80 Å². The summed E-state index contributed by atoms with van der Waals surface area (Å²) in [6.45, 7) is 5.18. The third-order valence-electron chi connectivity index (χ3n) is 4.86. The van der Waals surface area contributed by atoms with Crippen LogP contribution in [-0.2, 0) is 14.3 Å². The zero-order chi connectivity index (χ0) is 18.9. The molecule has 2 rings (SSSR count). The summed E-state index contributed by atoms with van der Waals surface area (Å²) in [6, 6.07) is -1.16. The van der Waals surface area contributed by atoms with Gasteiger partial charge in [0.1, 0.15) is 10.5 Å². The van der Waals surface area contributed by atoms with Crippen LogP contribution in [0.3, 0.4) is 0 Å². The smallest absolute Gasteiger partial charge is 0.331 e. The van der Waals surface area contributed by atoms with E-state index in [0.29, 0.717) is 6.42 Å². The molecule has 0 aromatic rings. The monoisotopic (exact) mass is 386 g/mol.